The normalized spacial score (nSPS) is 27.9. The third kappa shape index (κ3) is 4.14. The Bertz CT molecular complexity index is 854. The molecule has 2 aromatic rings. The molecule has 0 aliphatic carbocycles. The van der Waals surface area contributed by atoms with Crippen molar-refractivity contribution in [2.45, 2.75) is 44.2 Å². The summed E-state index contributed by atoms with van der Waals surface area (Å²) in [4.78, 5) is 25.4. The number of benzene rings is 2. The molecule has 0 spiro atoms. The van der Waals surface area contributed by atoms with Gasteiger partial charge in [0, 0.05) is 0 Å². The van der Waals surface area contributed by atoms with Crippen molar-refractivity contribution in [1.82, 2.24) is 0 Å². The number of hydrogen-bond acceptors (Lipinski definition) is 6. The first kappa shape index (κ1) is 19.6. The van der Waals surface area contributed by atoms with Crippen LogP contribution < -0.4 is 3.61 Å². The van der Waals surface area contributed by atoms with Crippen LogP contribution in [0.15, 0.2) is 60.7 Å². The monoisotopic (exact) mass is 498 g/mol. The third-order valence-corrected chi connectivity index (χ3v) is 7.12. The van der Waals surface area contributed by atoms with Crippen molar-refractivity contribution in [3.63, 3.8) is 0 Å². The Balaban J connectivity index is 1.51. The second kappa shape index (κ2) is 7.94. The van der Waals surface area contributed by atoms with Crippen LogP contribution in [-0.4, -0.2) is 61.1 Å². The van der Waals surface area contributed by atoms with Crippen LogP contribution in [0.3, 0.4) is 0 Å². The van der Waals surface area contributed by atoms with Gasteiger partial charge in [0.1, 0.15) is 0 Å². The predicted molar refractivity (Wildman–Crippen MR) is 101 cm³/mol. The first-order chi connectivity index (χ1) is 13.4. The Morgan fingerprint density at radius 1 is 0.929 bits per heavy atom. The molecule has 146 valence electrons. The van der Waals surface area contributed by atoms with Crippen molar-refractivity contribution < 1.29 is 28.5 Å². The maximum atomic E-state index is 12.9. The first-order valence-electron chi connectivity index (χ1n) is 8.97. The number of ether oxygens (including phenoxy) is 4. The van der Waals surface area contributed by atoms with Crippen LogP contribution in [0.4, 0.5) is 0 Å². The maximum absolute atomic E-state index is 12.9. The van der Waals surface area contributed by atoms with Crippen LogP contribution in [0.2, 0.25) is 0 Å². The van der Waals surface area contributed by atoms with Gasteiger partial charge in [0.05, 0.1) is 0 Å². The molecule has 0 bridgehead atoms. The molecule has 4 atom stereocenters. The van der Waals surface area contributed by atoms with E-state index in [4.69, 9.17) is 18.9 Å². The van der Waals surface area contributed by atoms with E-state index in [1.807, 2.05) is 36.4 Å². The van der Waals surface area contributed by atoms with Crippen LogP contribution in [0.5, 0.6) is 0 Å². The molecule has 2 fully saturated rings. The van der Waals surface area contributed by atoms with Gasteiger partial charge in [0.25, 0.3) is 0 Å². The van der Waals surface area contributed by atoms with Gasteiger partial charge in [-0.3, -0.25) is 0 Å². The molecule has 28 heavy (non-hydrogen) atoms. The van der Waals surface area contributed by atoms with Crippen molar-refractivity contribution in [3.8, 4) is 0 Å². The Labute approximate surface area is 173 Å². The standard InChI is InChI=1S/C21H20O6Te/c1-21(2)26-15-16(19(23)28-14-11-7-4-8-12-14)24-20(17(15)27-21)25-18(22)13-9-5-3-6-10-13/h3-12,15-17,20H,1-2H3/t15-,16+,17-,20+/m1/s1. The van der Waals surface area contributed by atoms with E-state index in [1.54, 1.807) is 38.1 Å². The topological polar surface area (TPSA) is 71.1 Å². The van der Waals surface area contributed by atoms with Crippen molar-refractivity contribution >= 4 is 34.3 Å². The molecule has 2 aromatic carbocycles. The molecule has 7 heteroatoms. The van der Waals surface area contributed by atoms with Gasteiger partial charge in [-0.15, -0.1) is 0 Å². The van der Waals surface area contributed by atoms with Gasteiger partial charge in [0.15, 0.2) is 0 Å². The molecule has 6 nitrogen and oxygen atoms in total. The summed E-state index contributed by atoms with van der Waals surface area (Å²) < 4.78 is 24.2. The molecule has 0 radical (unpaired) electrons. The SMILES string of the molecule is CC1(C)O[C@H]2[C@H](OC(=O)c3ccccc3)O[C@H](C(=O)[Te]c3ccccc3)[C@H]2O1. The summed E-state index contributed by atoms with van der Waals surface area (Å²) in [6, 6.07) is 18.3. The molecule has 0 saturated carbocycles. The van der Waals surface area contributed by atoms with E-state index in [2.05, 4.69) is 0 Å². The van der Waals surface area contributed by atoms with Gasteiger partial charge in [-0.05, 0) is 0 Å². The fraction of sp³-hybridized carbons (Fsp3) is 0.333. The van der Waals surface area contributed by atoms with Crippen molar-refractivity contribution in [3.05, 3.63) is 66.2 Å². The molecule has 2 heterocycles. The van der Waals surface area contributed by atoms with Crippen LogP contribution in [0.25, 0.3) is 0 Å². The summed E-state index contributed by atoms with van der Waals surface area (Å²) in [5.74, 6) is -1.40. The molecule has 0 N–H and O–H groups in total. The summed E-state index contributed by atoms with van der Waals surface area (Å²) in [7, 11) is 0. The molecule has 0 amide bonds. The van der Waals surface area contributed by atoms with Crippen molar-refractivity contribution in [1.29, 1.82) is 0 Å². The van der Waals surface area contributed by atoms with Crippen LogP contribution >= 0.6 is 0 Å². The van der Waals surface area contributed by atoms with Gasteiger partial charge in [-0.1, -0.05) is 0 Å². The van der Waals surface area contributed by atoms with Crippen LogP contribution in [-0.2, 0) is 23.7 Å². The van der Waals surface area contributed by atoms with E-state index in [9.17, 15) is 9.59 Å². The third-order valence-electron chi connectivity index (χ3n) is 4.44. The molecular weight excluding hydrogens is 476 g/mol. The second-order valence-electron chi connectivity index (χ2n) is 7.00. The molecule has 0 unspecified atom stereocenters. The van der Waals surface area contributed by atoms with E-state index in [1.165, 1.54) is 0 Å². The average molecular weight is 496 g/mol. The Kier molecular flexibility index (Phi) is 5.55. The summed E-state index contributed by atoms with van der Waals surface area (Å²) >= 11 is -1.14. The van der Waals surface area contributed by atoms with E-state index in [0.29, 0.717) is 5.56 Å². The van der Waals surface area contributed by atoms with E-state index < -0.39 is 57.3 Å². The molecule has 2 aliphatic rings. The van der Waals surface area contributed by atoms with Crippen LogP contribution in [0.1, 0.15) is 24.2 Å². The number of rotatable bonds is 5. The fourth-order valence-electron chi connectivity index (χ4n) is 3.26. The first-order valence-corrected chi connectivity index (χ1v) is 11.3. The number of carbonyl (C=O) groups is 2. The minimum absolute atomic E-state index is 0.00819. The molecule has 2 saturated heterocycles. The zero-order chi connectivity index (χ0) is 19.7. The summed E-state index contributed by atoms with van der Waals surface area (Å²) in [5, 5.41) is 0. The quantitative estimate of drug-likeness (QED) is 0.464. The zero-order valence-corrected chi connectivity index (χ0v) is 17.8. The summed E-state index contributed by atoms with van der Waals surface area (Å²) in [5.41, 5.74) is 0.411. The molecular formula is C21H20O6Te. The Hall–Kier alpha value is -1.75. The van der Waals surface area contributed by atoms with Gasteiger partial charge in [-0.25, -0.2) is 0 Å². The Morgan fingerprint density at radius 3 is 2.21 bits per heavy atom. The second-order valence-corrected chi connectivity index (χ2v) is 10.1. The van der Waals surface area contributed by atoms with Crippen molar-refractivity contribution in [2.75, 3.05) is 0 Å². The summed E-state index contributed by atoms with van der Waals surface area (Å²) in [6.07, 6.45) is -3.02. The van der Waals surface area contributed by atoms with Crippen molar-refractivity contribution in [2.24, 2.45) is 0 Å². The fourth-order valence-corrected chi connectivity index (χ4v) is 5.63. The van der Waals surface area contributed by atoms with Gasteiger partial charge < -0.3 is 0 Å². The van der Waals surface area contributed by atoms with E-state index in [-0.39, 0.29) is 3.83 Å². The minimum atomic E-state index is -1.14. The Morgan fingerprint density at radius 2 is 1.54 bits per heavy atom. The number of hydrogen-bond donors (Lipinski definition) is 0. The summed E-state index contributed by atoms with van der Waals surface area (Å²) in [6.45, 7) is 3.55. The van der Waals surface area contributed by atoms with E-state index >= 15 is 0 Å². The van der Waals surface area contributed by atoms with Crippen LogP contribution in [0, 0.1) is 0 Å². The predicted octanol–water partition coefficient (Wildman–Crippen LogP) is 1.64. The average Bonchev–Trinajstić information content (AvgIpc) is 3.17. The molecule has 0 aromatic heterocycles. The zero-order valence-electron chi connectivity index (χ0n) is 15.4. The van der Waals surface area contributed by atoms with Gasteiger partial charge >= 0.3 is 173 Å². The van der Waals surface area contributed by atoms with E-state index in [0.717, 1.165) is 3.61 Å². The van der Waals surface area contributed by atoms with Gasteiger partial charge in [-0.2, -0.15) is 0 Å². The molecule has 2 aliphatic heterocycles. The number of fused-ring (bicyclic) bond motifs is 1. The number of carbonyl (C=O) groups excluding carboxylic acids is 2. The number of esters is 1. The van der Waals surface area contributed by atoms with Gasteiger partial charge in [0.2, 0.25) is 0 Å². The molecule has 4 rings (SSSR count).